The Labute approximate surface area is 227 Å². The third-order valence-corrected chi connectivity index (χ3v) is 6.67. The lowest BCUT2D eigenvalue weighted by molar-refractivity contribution is -0.117. The summed E-state index contributed by atoms with van der Waals surface area (Å²) in [6.07, 6.45) is 13.9. The maximum atomic E-state index is 12.5. The quantitative estimate of drug-likeness (QED) is 0.129. The number of carbonyl (C=O) groups excluding carboxylic acids is 3. The van der Waals surface area contributed by atoms with E-state index < -0.39 is 0 Å². The Morgan fingerprint density at radius 1 is 1.32 bits per heavy atom. The van der Waals surface area contributed by atoms with E-state index in [2.05, 4.69) is 51.2 Å². The smallest absolute Gasteiger partial charge is 0.331 e. The monoisotopic (exact) mass is 543 g/mol. The van der Waals surface area contributed by atoms with Crippen LogP contribution in [0.4, 0.5) is 16.2 Å². The summed E-state index contributed by atoms with van der Waals surface area (Å²) in [4.78, 5) is 41.7. The molecule has 2 atom stereocenters. The average Bonchev–Trinajstić information content (AvgIpc) is 3.46. The average molecular weight is 544 g/mol. The normalized spacial score (nSPS) is 18.2. The topological polar surface area (TPSA) is 113 Å². The molecular weight excluding hydrogens is 510 g/mol. The van der Waals surface area contributed by atoms with E-state index in [-0.39, 0.29) is 24.0 Å². The number of hydrogen-bond acceptors (Lipinski definition) is 7. The number of nitrogens with zero attached hydrogens (tertiary/aromatic N) is 2. The first-order valence-electron chi connectivity index (χ1n) is 11.6. The zero-order valence-corrected chi connectivity index (χ0v) is 22.9. The van der Waals surface area contributed by atoms with Crippen LogP contribution in [0, 0.1) is 6.92 Å². The number of urea groups is 1. The van der Waals surface area contributed by atoms with Crippen LogP contribution in [0.25, 0.3) is 10.2 Å². The molecule has 0 bridgehead atoms. The van der Waals surface area contributed by atoms with Crippen molar-refractivity contribution in [1.29, 1.82) is 0 Å². The minimum atomic E-state index is -0.176. The van der Waals surface area contributed by atoms with E-state index >= 15 is 0 Å². The van der Waals surface area contributed by atoms with E-state index in [0.29, 0.717) is 6.41 Å². The molecule has 1 aliphatic carbocycles. The van der Waals surface area contributed by atoms with Gasteiger partial charge in [-0.25, -0.2) is 9.78 Å². The van der Waals surface area contributed by atoms with E-state index in [1.165, 1.54) is 13.2 Å². The van der Waals surface area contributed by atoms with Gasteiger partial charge in [0.2, 0.25) is 12.3 Å². The summed E-state index contributed by atoms with van der Waals surface area (Å²) in [5.74, 6) is -0.176. The predicted molar refractivity (Wildman–Crippen MR) is 154 cm³/mol. The van der Waals surface area contributed by atoms with Gasteiger partial charge in [-0.15, -0.1) is 11.3 Å². The van der Waals surface area contributed by atoms with Crippen LogP contribution in [0.15, 0.2) is 61.5 Å². The molecule has 0 aromatic carbocycles. The number of nitrogens with one attached hydrogen (secondary N) is 3. The molecule has 0 spiro atoms. The standard InChI is InChI=1S/C16H15N3OS.C9H14N2O2.CH4OS/c1-4-6-7-11(5-2)19-12-8-9-17-15-13(12)14(10(3)21-15)18-16(19)20;1-2-9(13)11-8-5-3-4-7(8)10-6-12;1-2-3/h4-9H,2H2,1,3H3,(H,18,20);2,6-8H,1,3-5H2,(H,10,12)(H,11,13);3H,1H3/b6-4-,11-7+;;. The minimum absolute atomic E-state index is 0.0655. The van der Waals surface area contributed by atoms with Crippen molar-refractivity contribution in [3.05, 3.63) is 66.4 Å². The van der Waals surface area contributed by atoms with Gasteiger partial charge in [0, 0.05) is 30.3 Å². The highest BCUT2D eigenvalue weighted by Gasteiger charge is 2.30. The molecule has 3 N–H and O–H groups in total. The summed E-state index contributed by atoms with van der Waals surface area (Å²) in [6, 6.07) is 1.84. The number of rotatable bonds is 7. The Balaban J connectivity index is 0.000000258. The second-order valence-corrected chi connectivity index (χ2v) is 9.52. The number of carbonyl (C=O) groups is 3. The molecule has 1 fully saturated rings. The van der Waals surface area contributed by atoms with Crippen LogP contribution in [0.3, 0.4) is 0 Å². The highest BCUT2D eigenvalue weighted by atomic mass is 32.1. The molecule has 4 rings (SSSR count). The molecule has 2 aromatic rings. The van der Waals surface area contributed by atoms with Crippen molar-refractivity contribution >= 4 is 64.2 Å². The summed E-state index contributed by atoms with van der Waals surface area (Å²) in [5, 5.41) is 9.43. The van der Waals surface area contributed by atoms with Gasteiger partial charge in [0.15, 0.2) is 0 Å². The fourth-order valence-corrected chi connectivity index (χ4v) is 5.04. The van der Waals surface area contributed by atoms with E-state index in [4.69, 9.17) is 0 Å². The Kier molecular flexibility index (Phi) is 12.1. The Morgan fingerprint density at radius 2 is 2.03 bits per heavy atom. The van der Waals surface area contributed by atoms with Crippen LogP contribution in [-0.2, 0) is 13.8 Å². The van der Waals surface area contributed by atoms with Gasteiger partial charge in [0.05, 0.1) is 22.5 Å². The van der Waals surface area contributed by atoms with E-state index in [1.54, 1.807) is 28.5 Å². The number of hydrogen-bond donors (Lipinski definition) is 4. The van der Waals surface area contributed by atoms with Crippen LogP contribution in [0.5, 0.6) is 0 Å². The van der Waals surface area contributed by atoms with Gasteiger partial charge in [-0.2, -0.15) is 0 Å². The van der Waals surface area contributed by atoms with Gasteiger partial charge in [0.1, 0.15) is 4.83 Å². The molecular formula is C26H33N5O4S2. The van der Waals surface area contributed by atoms with Crippen molar-refractivity contribution < 1.29 is 18.6 Å². The van der Waals surface area contributed by atoms with Crippen molar-refractivity contribution in [2.75, 3.05) is 17.3 Å². The molecule has 9 nitrogen and oxygen atoms in total. The largest absolute Gasteiger partial charge is 0.354 e. The van der Waals surface area contributed by atoms with E-state index in [9.17, 15) is 14.4 Å². The first kappa shape index (κ1) is 29.8. The Morgan fingerprint density at radius 3 is 2.65 bits per heavy atom. The number of anilines is 2. The molecule has 198 valence electrons. The van der Waals surface area contributed by atoms with Gasteiger partial charge in [-0.3, -0.25) is 14.5 Å². The number of amides is 4. The third-order valence-electron chi connectivity index (χ3n) is 5.66. The van der Waals surface area contributed by atoms with Crippen LogP contribution < -0.4 is 20.9 Å². The fraction of sp³-hybridized carbons (Fsp3) is 0.308. The van der Waals surface area contributed by atoms with Gasteiger partial charge in [0.25, 0.3) is 0 Å². The molecule has 11 heteroatoms. The van der Waals surface area contributed by atoms with Crippen LogP contribution in [0.2, 0.25) is 0 Å². The molecule has 1 aliphatic heterocycles. The maximum Gasteiger partial charge on any atom is 0.331 e. The first-order chi connectivity index (χ1) is 17.9. The number of allylic oxidation sites excluding steroid dienone is 4. The summed E-state index contributed by atoms with van der Waals surface area (Å²) < 4.78 is 3.94. The van der Waals surface area contributed by atoms with Gasteiger partial charge < -0.3 is 20.1 Å². The Bertz CT molecular complexity index is 1190. The molecule has 1 saturated carbocycles. The highest BCUT2D eigenvalue weighted by Crippen LogP contribution is 2.44. The fourth-order valence-electron chi connectivity index (χ4n) is 4.07. The molecule has 2 aromatic heterocycles. The van der Waals surface area contributed by atoms with Crippen LogP contribution in [-0.4, -0.2) is 42.5 Å². The number of thiophene rings is 1. The van der Waals surface area contributed by atoms with Crippen LogP contribution >= 0.6 is 24.2 Å². The Hall–Kier alpha value is -3.41. The number of aryl methyl sites for hydroxylation is 1. The van der Waals surface area contributed by atoms with Gasteiger partial charge >= 0.3 is 6.03 Å². The number of pyridine rings is 1. The van der Waals surface area contributed by atoms with Crippen LogP contribution in [0.1, 0.15) is 31.1 Å². The van der Waals surface area contributed by atoms with Crippen molar-refractivity contribution in [2.45, 2.75) is 45.2 Å². The summed E-state index contributed by atoms with van der Waals surface area (Å²) in [7, 11) is 1.49. The van der Waals surface area contributed by atoms with E-state index in [0.717, 1.165) is 51.4 Å². The van der Waals surface area contributed by atoms with Crippen molar-refractivity contribution in [1.82, 2.24) is 15.6 Å². The maximum absolute atomic E-state index is 12.5. The molecule has 0 saturated heterocycles. The molecule has 0 radical (unpaired) electrons. The molecule has 2 aliphatic rings. The number of aromatic nitrogens is 1. The highest BCUT2D eigenvalue weighted by molar-refractivity contribution is 7.75. The molecule has 37 heavy (non-hydrogen) atoms. The van der Waals surface area contributed by atoms with Crippen molar-refractivity contribution in [3.8, 4) is 0 Å². The summed E-state index contributed by atoms with van der Waals surface area (Å²) in [5.41, 5.74) is 2.44. The van der Waals surface area contributed by atoms with Gasteiger partial charge in [-0.1, -0.05) is 25.3 Å². The predicted octanol–water partition coefficient (Wildman–Crippen LogP) is 5.04. The lowest BCUT2D eigenvalue weighted by Gasteiger charge is -2.28. The first-order valence-corrected chi connectivity index (χ1v) is 12.8. The second-order valence-electron chi connectivity index (χ2n) is 7.95. The van der Waals surface area contributed by atoms with Crippen molar-refractivity contribution in [2.24, 2.45) is 0 Å². The van der Waals surface area contributed by atoms with E-state index in [1.807, 2.05) is 38.1 Å². The van der Waals surface area contributed by atoms with Crippen molar-refractivity contribution in [3.63, 3.8) is 0 Å². The molecule has 2 unspecified atom stereocenters. The number of thiol groups is 1. The minimum Gasteiger partial charge on any atom is -0.354 e. The summed E-state index contributed by atoms with van der Waals surface area (Å²) >= 11 is 4.88. The molecule has 4 amide bonds. The SMILES string of the molecule is C=C/C(=C\C=C/C)N1C(=O)Nc2c(C)sc3nccc1c23.C=CC(=O)NC1CCCC1NC=O.COS. The van der Waals surface area contributed by atoms with Gasteiger partial charge in [-0.05, 0) is 70.3 Å². The zero-order valence-electron chi connectivity index (χ0n) is 21.2. The second kappa shape index (κ2) is 15.0. The third kappa shape index (κ3) is 7.54. The molecule has 3 heterocycles. The summed E-state index contributed by atoms with van der Waals surface area (Å²) in [6.45, 7) is 11.1. The lowest BCUT2D eigenvalue weighted by atomic mass is 10.1. The zero-order chi connectivity index (χ0) is 27.4. The lowest BCUT2D eigenvalue weighted by Crippen LogP contribution is -2.45.